The van der Waals surface area contributed by atoms with Gasteiger partial charge in [-0.25, -0.2) is 0 Å². The number of hydrogen-bond donors (Lipinski definition) is 2. The van der Waals surface area contributed by atoms with E-state index in [0.717, 1.165) is 13.1 Å². The molecule has 0 aromatic carbocycles. The van der Waals surface area contributed by atoms with Gasteiger partial charge in [-0.2, -0.15) is 0 Å². The van der Waals surface area contributed by atoms with E-state index in [9.17, 15) is 0 Å². The molecule has 0 aliphatic rings. The molecular weight excluding hydrogens is 148 g/mol. The van der Waals surface area contributed by atoms with Gasteiger partial charge in [-0.1, -0.05) is 33.6 Å². The second-order valence-electron chi connectivity index (χ2n) is 3.61. The minimum Gasteiger partial charge on any atom is -0.326 e. The van der Waals surface area contributed by atoms with Crippen LogP contribution in [0.3, 0.4) is 0 Å². The summed E-state index contributed by atoms with van der Waals surface area (Å²) in [6.45, 7) is 8.69. The van der Waals surface area contributed by atoms with Crippen molar-refractivity contribution in [3.05, 3.63) is 0 Å². The SMILES string of the molecule is CCCCNCC(N)C(C)CC. The van der Waals surface area contributed by atoms with Gasteiger partial charge in [0.25, 0.3) is 0 Å². The monoisotopic (exact) mass is 172 g/mol. The van der Waals surface area contributed by atoms with E-state index in [4.69, 9.17) is 5.73 Å². The Morgan fingerprint density at radius 1 is 1.33 bits per heavy atom. The highest BCUT2D eigenvalue weighted by molar-refractivity contribution is 4.70. The highest BCUT2D eigenvalue weighted by Gasteiger charge is 2.08. The van der Waals surface area contributed by atoms with Crippen molar-refractivity contribution >= 4 is 0 Å². The fourth-order valence-electron chi connectivity index (χ4n) is 1.07. The fraction of sp³-hybridized carbons (Fsp3) is 1.00. The van der Waals surface area contributed by atoms with E-state index in [0.29, 0.717) is 12.0 Å². The second kappa shape index (κ2) is 7.56. The van der Waals surface area contributed by atoms with Crippen LogP contribution in [0.5, 0.6) is 0 Å². The lowest BCUT2D eigenvalue weighted by Gasteiger charge is -2.18. The number of unbranched alkanes of at least 4 members (excludes halogenated alkanes) is 1. The largest absolute Gasteiger partial charge is 0.326 e. The summed E-state index contributed by atoms with van der Waals surface area (Å²) >= 11 is 0. The zero-order valence-electron chi connectivity index (χ0n) is 8.77. The van der Waals surface area contributed by atoms with Crippen molar-refractivity contribution in [2.24, 2.45) is 11.7 Å². The molecule has 0 spiro atoms. The third-order valence-corrected chi connectivity index (χ3v) is 2.46. The lowest BCUT2D eigenvalue weighted by molar-refractivity contribution is 0.417. The Bertz CT molecular complexity index is 93.8. The van der Waals surface area contributed by atoms with Crippen molar-refractivity contribution < 1.29 is 0 Å². The van der Waals surface area contributed by atoms with Crippen LogP contribution in [0.2, 0.25) is 0 Å². The van der Waals surface area contributed by atoms with Crippen LogP contribution in [-0.4, -0.2) is 19.1 Å². The van der Waals surface area contributed by atoms with Crippen LogP contribution in [0.25, 0.3) is 0 Å². The maximum Gasteiger partial charge on any atom is 0.0191 e. The van der Waals surface area contributed by atoms with E-state index in [2.05, 4.69) is 26.1 Å². The van der Waals surface area contributed by atoms with Gasteiger partial charge < -0.3 is 11.1 Å². The van der Waals surface area contributed by atoms with Gasteiger partial charge in [0.1, 0.15) is 0 Å². The number of rotatable bonds is 7. The average molecular weight is 172 g/mol. The van der Waals surface area contributed by atoms with E-state index in [-0.39, 0.29) is 0 Å². The third kappa shape index (κ3) is 5.56. The Kier molecular flexibility index (Phi) is 7.51. The van der Waals surface area contributed by atoms with E-state index in [1.165, 1.54) is 19.3 Å². The molecule has 0 aliphatic carbocycles. The zero-order chi connectivity index (χ0) is 9.40. The molecule has 0 fully saturated rings. The van der Waals surface area contributed by atoms with Crippen molar-refractivity contribution in [2.45, 2.75) is 46.1 Å². The summed E-state index contributed by atoms with van der Waals surface area (Å²) in [7, 11) is 0. The van der Waals surface area contributed by atoms with Crippen molar-refractivity contribution in [1.82, 2.24) is 5.32 Å². The maximum absolute atomic E-state index is 5.95. The molecule has 2 atom stereocenters. The van der Waals surface area contributed by atoms with Crippen LogP contribution in [0.15, 0.2) is 0 Å². The van der Waals surface area contributed by atoms with Gasteiger partial charge in [0.2, 0.25) is 0 Å². The van der Waals surface area contributed by atoms with Crippen molar-refractivity contribution in [2.75, 3.05) is 13.1 Å². The molecule has 0 saturated heterocycles. The van der Waals surface area contributed by atoms with E-state index >= 15 is 0 Å². The minimum atomic E-state index is 0.326. The molecular formula is C10H24N2. The quantitative estimate of drug-likeness (QED) is 0.574. The highest BCUT2D eigenvalue weighted by atomic mass is 14.9. The number of nitrogens with one attached hydrogen (secondary N) is 1. The molecule has 0 aromatic rings. The van der Waals surface area contributed by atoms with E-state index in [1.54, 1.807) is 0 Å². The smallest absolute Gasteiger partial charge is 0.0191 e. The Hall–Kier alpha value is -0.0800. The summed E-state index contributed by atoms with van der Waals surface area (Å²) < 4.78 is 0. The summed E-state index contributed by atoms with van der Waals surface area (Å²) in [5.41, 5.74) is 5.95. The second-order valence-corrected chi connectivity index (χ2v) is 3.61. The van der Waals surface area contributed by atoms with Crippen LogP contribution >= 0.6 is 0 Å². The van der Waals surface area contributed by atoms with Gasteiger partial charge in [0.05, 0.1) is 0 Å². The van der Waals surface area contributed by atoms with Crippen LogP contribution in [0.1, 0.15) is 40.0 Å². The molecule has 0 rings (SSSR count). The first-order valence-electron chi connectivity index (χ1n) is 5.18. The molecule has 0 heterocycles. The van der Waals surface area contributed by atoms with E-state index < -0.39 is 0 Å². The molecule has 0 saturated carbocycles. The van der Waals surface area contributed by atoms with Gasteiger partial charge in [-0.3, -0.25) is 0 Å². The van der Waals surface area contributed by atoms with Gasteiger partial charge >= 0.3 is 0 Å². The van der Waals surface area contributed by atoms with Crippen molar-refractivity contribution in [3.8, 4) is 0 Å². The number of nitrogens with two attached hydrogens (primary N) is 1. The molecule has 2 heteroatoms. The summed E-state index contributed by atoms with van der Waals surface area (Å²) in [5.74, 6) is 0.638. The Morgan fingerprint density at radius 2 is 2.00 bits per heavy atom. The number of hydrogen-bond acceptors (Lipinski definition) is 2. The lowest BCUT2D eigenvalue weighted by Crippen LogP contribution is -2.38. The molecule has 0 bridgehead atoms. The lowest BCUT2D eigenvalue weighted by atomic mass is 10.0. The van der Waals surface area contributed by atoms with Gasteiger partial charge in [-0.05, 0) is 18.9 Å². The zero-order valence-corrected chi connectivity index (χ0v) is 8.77. The normalized spacial score (nSPS) is 16.0. The average Bonchev–Trinajstić information content (AvgIpc) is 2.10. The molecule has 12 heavy (non-hydrogen) atoms. The summed E-state index contributed by atoms with van der Waals surface area (Å²) in [5, 5.41) is 3.38. The van der Waals surface area contributed by atoms with Gasteiger partial charge in [0, 0.05) is 12.6 Å². The van der Waals surface area contributed by atoms with Crippen molar-refractivity contribution in [3.63, 3.8) is 0 Å². The molecule has 0 amide bonds. The first-order chi connectivity index (χ1) is 5.72. The van der Waals surface area contributed by atoms with Gasteiger partial charge in [-0.15, -0.1) is 0 Å². The van der Waals surface area contributed by atoms with Crippen LogP contribution < -0.4 is 11.1 Å². The predicted octanol–water partition coefficient (Wildman–Crippen LogP) is 1.75. The summed E-state index contributed by atoms with van der Waals surface area (Å²) in [6, 6.07) is 0.326. The first-order valence-corrected chi connectivity index (χ1v) is 5.18. The summed E-state index contributed by atoms with van der Waals surface area (Å²) in [4.78, 5) is 0. The topological polar surface area (TPSA) is 38.0 Å². The minimum absolute atomic E-state index is 0.326. The Balaban J connectivity index is 3.24. The van der Waals surface area contributed by atoms with E-state index in [1.807, 2.05) is 0 Å². The highest BCUT2D eigenvalue weighted by Crippen LogP contribution is 2.03. The standard InChI is InChI=1S/C10H24N2/c1-4-6-7-12-8-10(11)9(3)5-2/h9-10,12H,4-8,11H2,1-3H3. The van der Waals surface area contributed by atoms with Crippen molar-refractivity contribution in [1.29, 1.82) is 0 Å². The summed E-state index contributed by atoms with van der Waals surface area (Å²) in [6.07, 6.45) is 3.69. The predicted molar refractivity (Wildman–Crippen MR) is 55.2 cm³/mol. The maximum atomic E-state index is 5.95. The molecule has 3 N–H and O–H groups in total. The molecule has 74 valence electrons. The first kappa shape index (κ1) is 11.9. The molecule has 0 aromatic heterocycles. The van der Waals surface area contributed by atoms with Crippen LogP contribution in [0, 0.1) is 5.92 Å². The van der Waals surface area contributed by atoms with Gasteiger partial charge in [0.15, 0.2) is 0 Å². The van der Waals surface area contributed by atoms with Crippen LogP contribution in [0.4, 0.5) is 0 Å². The Morgan fingerprint density at radius 3 is 2.50 bits per heavy atom. The molecule has 0 radical (unpaired) electrons. The fourth-order valence-corrected chi connectivity index (χ4v) is 1.07. The Labute approximate surface area is 76.9 Å². The molecule has 2 unspecified atom stereocenters. The molecule has 2 nitrogen and oxygen atoms in total. The third-order valence-electron chi connectivity index (χ3n) is 2.46. The van der Waals surface area contributed by atoms with Crippen LogP contribution in [-0.2, 0) is 0 Å². The molecule has 0 aliphatic heterocycles.